The van der Waals surface area contributed by atoms with Crippen molar-refractivity contribution in [1.82, 2.24) is 0 Å². The third kappa shape index (κ3) is 45.9. The van der Waals surface area contributed by atoms with Crippen LogP contribution in [0.15, 0.2) is 84.9 Å². The third-order valence-electron chi connectivity index (χ3n) is 11.9. The van der Waals surface area contributed by atoms with Crippen molar-refractivity contribution in [2.75, 3.05) is 93.6 Å². The van der Waals surface area contributed by atoms with Gasteiger partial charge in [-0.3, -0.25) is 14.4 Å². The van der Waals surface area contributed by atoms with Crippen molar-refractivity contribution in [2.24, 2.45) is 35.5 Å². The first kappa shape index (κ1) is 79.6. The molecule has 0 saturated carbocycles. The number of anilines is 3. The monoisotopic (exact) mass is 1180 g/mol. The first-order valence-electron chi connectivity index (χ1n) is 30.9. The number of rotatable bonds is 28. The summed E-state index contributed by atoms with van der Waals surface area (Å²) in [5, 5.41) is 0. The zero-order chi connectivity index (χ0) is 64.7. The van der Waals surface area contributed by atoms with E-state index in [1.165, 1.54) is 25.2 Å². The molecule has 3 rings (SSSR count). The largest absolute Gasteiger partial charge is 0.394 e. The van der Waals surface area contributed by atoms with Crippen LogP contribution in [0.3, 0.4) is 0 Å². The summed E-state index contributed by atoms with van der Waals surface area (Å²) in [5.74, 6) is 1.53. The molecule has 0 aliphatic carbocycles. The van der Waals surface area contributed by atoms with E-state index in [0.717, 1.165) is 90.9 Å². The summed E-state index contributed by atoms with van der Waals surface area (Å²) in [6, 6.07) is 29.1. The van der Waals surface area contributed by atoms with Crippen molar-refractivity contribution in [1.29, 1.82) is 0 Å². The van der Waals surface area contributed by atoms with E-state index in [1.54, 1.807) is 0 Å². The van der Waals surface area contributed by atoms with Gasteiger partial charge in [-0.1, -0.05) is 77.9 Å². The van der Waals surface area contributed by atoms with Gasteiger partial charge in [0.15, 0.2) is 0 Å². The fourth-order valence-corrected chi connectivity index (χ4v) is 8.03. The van der Waals surface area contributed by atoms with Crippen molar-refractivity contribution >= 4 is 35.3 Å². The molecule has 6 unspecified atom stereocenters. The molecule has 482 valence electrons. The lowest BCUT2D eigenvalue weighted by atomic mass is 10.1. The summed E-state index contributed by atoms with van der Waals surface area (Å²) in [7, 11) is 0. The Labute approximate surface area is 513 Å². The Morgan fingerprint density at radius 3 is 0.690 bits per heavy atom. The SMILES string of the molecule is CC(=O)OC(C)=O.CC(COC(C)(C)C)CN(CC(C)COC(C)(C)C)c1ccc(C=O)cc1.CC(COC(C)(C)C)CN(CC(C)COC(C)(C)C)c1ccccc1.CC(COC(C)(C)C)CN(CC(C)COC(C)(C)C)c1ccccc1. The molecule has 0 aromatic heterocycles. The van der Waals surface area contributed by atoms with Gasteiger partial charge in [0.2, 0.25) is 0 Å². The number of nitrogens with zero attached hydrogens (tertiary/aromatic N) is 3. The maximum atomic E-state index is 11.0. The predicted octanol–water partition coefficient (Wildman–Crippen LogP) is 16.1. The van der Waals surface area contributed by atoms with Gasteiger partial charge < -0.3 is 47.9 Å². The highest BCUT2D eigenvalue weighted by Crippen LogP contribution is 2.24. The minimum absolute atomic E-state index is 0.0837. The first-order valence-corrected chi connectivity index (χ1v) is 30.9. The molecule has 0 radical (unpaired) electrons. The van der Waals surface area contributed by atoms with Gasteiger partial charge in [-0.15, -0.1) is 0 Å². The highest BCUT2D eigenvalue weighted by Gasteiger charge is 2.23. The summed E-state index contributed by atoms with van der Waals surface area (Å²) in [6.45, 7) is 64.0. The van der Waals surface area contributed by atoms with E-state index in [0.29, 0.717) is 41.1 Å². The standard InChI is InChI=1S/C23H39NO3.2C22H39NO2.C4H6O3/c1-18(16-26-22(3,4)5)13-24(14-19(2)17-27-23(6,7)8)21-11-9-20(15-25)10-12-21;2*1-18(16-24-21(3,4)5)14-23(20-12-10-9-11-13-20)15-19(2)17-25-22(6,7)8;1-3(5)7-4(2)6/h9-12,15,18-19H,13-14,16-17H2,1-8H3;2*9-13,18-19H,14-17H2,1-8H3;1-2H3. The number of benzene rings is 3. The number of aldehydes is 1. The molecule has 0 spiro atoms. The van der Waals surface area contributed by atoms with E-state index in [1.807, 2.05) is 24.3 Å². The van der Waals surface area contributed by atoms with Crippen LogP contribution in [0, 0.1) is 35.5 Å². The molecule has 0 amide bonds. The smallest absolute Gasteiger partial charge is 0.310 e. The minimum atomic E-state index is -0.562. The molecule has 0 saturated heterocycles. The van der Waals surface area contributed by atoms with Crippen LogP contribution in [0.2, 0.25) is 0 Å². The summed E-state index contributed by atoms with van der Waals surface area (Å²) >= 11 is 0. The first-order chi connectivity index (χ1) is 38.4. The van der Waals surface area contributed by atoms with Crippen molar-refractivity contribution in [3.05, 3.63) is 90.5 Å². The van der Waals surface area contributed by atoms with Gasteiger partial charge >= 0.3 is 11.9 Å². The molecule has 3 aromatic carbocycles. The van der Waals surface area contributed by atoms with E-state index < -0.39 is 11.9 Å². The van der Waals surface area contributed by atoms with Crippen LogP contribution in [-0.2, 0) is 42.7 Å². The van der Waals surface area contributed by atoms with Crippen LogP contribution >= 0.6 is 0 Å². The highest BCUT2D eigenvalue weighted by molar-refractivity contribution is 5.82. The Morgan fingerprint density at radius 2 is 0.536 bits per heavy atom. The molecule has 3 aromatic rings. The van der Waals surface area contributed by atoms with Crippen LogP contribution in [0.25, 0.3) is 0 Å². The van der Waals surface area contributed by atoms with Crippen molar-refractivity contribution in [3.63, 3.8) is 0 Å². The average molecular weight is 1180 g/mol. The van der Waals surface area contributed by atoms with Crippen LogP contribution < -0.4 is 14.7 Å². The van der Waals surface area contributed by atoms with Gasteiger partial charge in [0, 0.05) is 75.7 Å². The molecule has 6 atom stereocenters. The van der Waals surface area contributed by atoms with Crippen LogP contribution in [-0.4, -0.2) is 131 Å². The molecule has 0 aliphatic heterocycles. The molecule has 0 aliphatic rings. The normalized spacial score (nSPS) is 14.3. The topological polar surface area (TPSA) is 126 Å². The fourth-order valence-electron chi connectivity index (χ4n) is 8.03. The Kier molecular flexibility index (Phi) is 36.7. The van der Waals surface area contributed by atoms with Gasteiger partial charge in [-0.25, -0.2) is 0 Å². The Balaban J connectivity index is 0.00000116. The quantitative estimate of drug-likeness (QED) is 0.0389. The van der Waals surface area contributed by atoms with Gasteiger partial charge in [-0.2, -0.15) is 0 Å². The van der Waals surface area contributed by atoms with Crippen LogP contribution in [0.5, 0.6) is 0 Å². The molecule has 0 heterocycles. The van der Waals surface area contributed by atoms with Gasteiger partial charge in [0.1, 0.15) is 6.29 Å². The minimum Gasteiger partial charge on any atom is -0.394 e. The number of ether oxygens (including phenoxy) is 7. The summed E-state index contributed by atoms with van der Waals surface area (Å²) in [6.07, 6.45) is 0.883. The molecular weight excluding hydrogens is 1050 g/mol. The molecule has 13 heteroatoms. The van der Waals surface area contributed by atoms with Gasteiger partial charge in [-0.05, 0) is 209 Å². The number of carbonyl (C=O) groups excluding carboxylic acids is 3. The predicted molar refractivity (Wildman–Crippen MR) is 353 cm³/mol. The highest BCUT2D eigenvalue weighted by atomic mass is 16.6. The molecule has 0 N–H and O–H groups in total. The molecule has 13 nitrogen and oxygen atoms in total. The summed E-state index contributed by atoms with van der Waals surface area (Å²) in [5.41, 5.74) is 3.79. The third-order valence-corrected chi connectivity index (χ3v) is 11.9. The van der Waals surface area contributed by atoms with Gasteiger partial charge in [0.25, 0.3) is 0 Å². The molecular formula is C71H123N3O10. The van der Waals surface area contributed by atoms with Gasteiger partial charge in [0.05, 0.1) is 73.2 Å². The Bertz CT molecular complexity index is 2000. The lowest BCUT2D eigenvalue weighted by Crippen LogP contribution is -2.37. The number of para-hydroxylation sites is 2. The molecule has 84 heavy (non-hydrogen) atoms. The lowest BCUT2D eigenvalue weighted by Gasteiger charge is -2.32. The number of esters is 2. The van der Waals surface area contributed by atoms with Crippen LogP contribution in [0.4, 0.5) is 17.1 Å². The van der Waals surface area contributed by atoms with Crippen molar-refractivity contribution < 1.29 is 47.5 Å². The number of carbonyl (C=O) groups is 3. The zero-order valence-electron chi connectivity index (χ0n) is 58.0. The molecule has 0 fully saturated rings. The average Bonchev–Trinajstić information content (AvgIpc) is 3.39. The number of hydrogen-bond acceptors (Lipinski definition) is 13. The summed E-state index contributed by atoms with van der Waals surface area (Å²) in [4.78, 5) is 37.9. The zero-order valence-corrected chi connectivity index (χ0v) is 58.0. The van der Waals surface area contributed by atoms with Crippen molar-refractivity contribution in [2.45, 2.75) is 214 Å². The fraction of sp³-hybridized carbons (Fsp3) is 0.704. The lowest BCUT2D eigenvalue weighted by molar-refractivity contribution is -0.156. The van der Waals surface area contributed by atoms with E-state index in [9.17, 15) is 14.4 Å². The second-order valence-electron chi connectivity index (χ2n) is 29.4. The van der Waals surface area contributed by atoms with E-state index in [-0.39, 0.29) is 33.6 Å². The van der Waals surface area contributed by atoms with Crippen molar-refractivity contribution in [3.8, 4) is 0 Å². The maximum absolute atomic E-state index is 11.0. The molecule has 0 bridgehead atoms. The Morgan fingerprint density at radius 1 is 0.345 bits per heavy atom. The van der Waals surface area contributed by atoms with E-state index in [4.69, 9.17) is 28.4 Å². The maximum Gasteiger partial charge on any atom is 0.310 e. The Hall–Kier alpha value is -4.37. The summed E-state index contributed by atoms with van der Waals surface area (Å²) < 4.78 is 39.8. The van der Waals surface area contributed by atoms with E-state index >= 15 is 0 Å². The van der Waals surface area contributed by atoms with Crippen LogP contribution in [0.1, 0.15) is 190 Å². The second kappa shape index (κ2) is 38.7. The number of hydrogen-bond donors (Lipinski definition) is 0. The second-order valence-corrected chi connectivity index (χ2v) is 29.4. The van der Waals surface area contributed by atoms with E-state index in [2.05, 4.69) is 246 Å².